The summed E-state index contributed by atoms with van der Waals surface area (Å²) in [6.45, 7) is 2.70. The molecule has 0 amide bonds. The van der Waals surface area contributed by atoms with Gasteiger partial charge in [0.05, 0.1) is 18.0 Å². The van der Waals surface area contributed by atoms with E-state index in [0.29, 0.717) is 5.92 Å². The Bertz CT molecular complexity index is 392. The lowest BCUT2D eigenvalue weighted by molar-refractivity contribution is -0.157. The van der Waals surface area contributed by atoms with Crippen molar-refractivity contribution in [3.63, 3.8) is 0 Å². The van der Waals surface area contributed by atoms with Crippen LogP contribution in [0.15, 0.2) is 16.7 Å². The number of furan rings is 1. The Kier molecular flexibility index (Phi) is 2.75. The predicted octanol–water partition coefficient (Wildman–Crippen LogP) is 2.97. The largest absolute Gasteiger partial charge is 0.469 e. The van der Waals surface area contributed by atoms with Gasteiger partial charge in [0.15, 0.2) is 0 Å². The second kappa shape index (κ2) is 4.14. The molecule has 1 aromatic rings. The Hall–Kier alpha value is -0.800. The summed E-state index contributed by atoms with van der Waals surface area (Å²) < 4.78 is 11.2. The Labute approximate surface area is 102 Å². The van der Waals surface area contributed by atoms with Gasteiger partial charge in [-0.15, -0.1) is 0 Å². The summed E-state index contributed by atoms with van der Waals surface area (Å²) in [5.74, 6) is 1.19. The van der Waals surface area contributed by atoms with Crippen molar-refractivity contribution in [2.24, 2.45) is 5.92 Å². The molecule has 1 saturated heterocycles. The summed E-state index contributed by atoms with van der Waals surface area (Å²) in [5.41, 5.74) is 1.02. The Morgan fingerprint density at radius 1 is 1.47 bits per heavy atom. The first-order valence-electron chi connectivity index (χ1n) is 6.56. The molecule has 1 saturated carbocycles. The molecule has 1 aromatic heterocycles. The fourth-order valence-electron chi connectivity index (χ4n) is 3.15. The number of hydrogen-bond donors (Lipinski definition) is 1. The number of rotatable bonds is 2. The van der Waals surface area contributed by atoms with Gasteiger partial charge >= 0.3 is 0 Å². The van der Waals surface area contributed by atoms with Gasteiger partial charge in [-0.05, 0) is 51.0 Å². The van der Waals surface area contributed by atoms with E-state index >= 15 is 0 Å². The zero-order valence-electron chi connectivity index (χ0n) is 10.3. The van der Waals surface area contributed by atoms with E-state index in [1.54, 1.807) is 6.26 Å². The van der Waals surface area contributed by atoms with E-state index in [9.17, 15) is 5.11 Å². The van der Waals surface area contributed by atoms with Crippen molar-refractivity contribution in [2.45, 2.75) is 50.7 Å². The van der Waals surface area contributed by atoms with Gasteiger partial charge in [0.25, 0.3) is 0 Å². The van der Waals surface area contributed by atoms with Crippen LogP contribution in [0, 0.1) is 12.8 Å². The van der Waals surface area contributed by atoms with Gasteiger partial charge in [-0.3, -0.25) is 0 Å². The molecule has 3 heteroatoms. The molecule has 1 aliphatic carbocycles. The summed E-state index contributed by atoms with van der Waals surface area (Å²) in [6, 6.07) is 1.94. The molecule has 2 aliphatic rings. The molecule has 1 N–H and O–H groups in total. The molecule has 2 fully saturated rings. The van der Waals surface area contributed by atoms with Crippen molar-refractivity contribution in [3.05, 3.63) is 23.7 Å². The maximum absolute atomic E-state index is 10.4. The molecule has 0 bridgehead atoms. The summed E-state index contributed by atoms with van der Waals surface area (Å²) >= 11 is 0. The van der Waals surface area contributed by atoms with Crippen LogP contribution in [0.25, 0.3) is 0 Å². The third kappa shape index (κ3) is 2.02. The topological polar surface area (TPSA) is 42.6 Å². The van der Waals surface area contributed by atoms with E-state index in [1.165, 1.54) is 19.3 Å². The normalized spacial score (nSPS) is 28.9. The average molecular weight is 236 g/mol. The Balaban J connectivity index is 1.71. The molecule has 17 heavy (non-hydrogen) atoms. The van der Waals surface area contributed by atoms with Crippen molar-refractivity contribution in [1.29, 1.82) is 0 Å². The monoisotopic (exact) mass is 236 g/mol. The maximum atomic E-state index is 10.4. The number of hydrogen-bond acceptors (Lipinski definition) is 3. The van der Waals surface area contributed by atoms with Gasteiger partial charge in [0.1, 0.15) is 5.76 Å². The molecule has 3 nitrogen and oxygen atoms in total. The van der Waals surface area contributed by atoms with E-state index in [2.05, 4.69) is 0 Å². The molecule has 0 radical (unpaired) electrons. The molecule has 0 aromatic carbocycles. The number of aryl methyl sites for hydroxylation is 1. The first-order chi connectivity index (χ1) is 8.19. The maximum Gasteiger partial charge on any atom is 0.101 e. The van der Waals surface area contributed by atoms with E-state index in [4.69, 9.17) is 9.15 Å². The molecule has 1 aliphatic heterocycles. The van der Waals surface area contributed by atoms with Crippen molar-refractivity contribution >= 4 is 0 Å². The fraction of sp³-hybridized carbons (Fsp3) is 0.714. The SMILES string of the molecule is Cc1cc(C(O)C2CCOC3(CCC3)C2)co1. The molecule has 3 rings (SSSR count). The van der Waals surface area contributed by atoms with Gasteiger partial charge in [0.2, 0.25) is 0 Å². The third-order valence-corrected chi connectivity index (χ3v) is 4.33. The lowest BCUT2D eigenvalue weighted by Gasteiger charge is -2.48. The Morgan fingerprint density at radius 2 is 2.29 bits per heavy atom. The summed E-state index contributed by atoms with van der Waals surface area (Å²) in [4.78, 5) is 0. The first kappa shape index (κ1) is 11.3. The van der Waals surface area contributed by atoms with Crippen molar-refractivity contribution in [1.82, 2.24) is 0 Å². The van der Waals surface area contributed by atoms with E-state index in [-0.39, 0.29) is 5.60 Å². The number of ether oxygens (including phenoxy) is 1. The minimum absolute atomic E-state index is 0.0999. The zero-order valence-corrected chi connectivity index (χ0v) is 10.3. The lowest BCUT2D eigenvalue weighted by Crippen LogP contribution is -2.46. The van der Waals surface area contributed by atoms with Gasteiger partial charge in [0, 0.05) is 12.2 Å². The van der Waals surface area contributed by atoms with Gasteiger partial charge in [-0.25, -0.2) is 0 Å². The van der Waals surface area contributed by atoms with Gasteiger partial charge < -0.3 is 14.3 Å². The van der Waals surface area contributed by atoms with Crippen molar-refractivity contribution in [2.75, 3.05) is 6.61 Å². The van der Waals surface area contributed by atoms with Crippen LogP contribution < -0.4 is 0 Å². The fourth-order valence-corrected chi connectivity index (χ4v) is 3.15. The molecule has 2 unspecified atom stereocenters. The predicted molar refractivity (Wildman–Crippen MR) is 63.7 cm³/mol. The highest BCUT2D eigenvalue weighted by Gasteiger charge is 2.44. The average Bonchev–Trinajstić information content (AvgIpc) is 2.73. The van der Waals surface area contributed by atoms with Gasteiger partial charge in [-0.1, -0.05) is 0 Å². The standard InChI is InChI=1S/C14H20O3/c1-10-7-12(9-16-10)13(15)11-3-6-17-14(8-11)4-2-5-14/h7,9,11,13,15H,2-6,8H2,1H3. The second-order valence-electron chi connectivity index (χ2n) is 5.57. The minimum atomic E-state index is -0.395. The van der Waals surface area contributed by atoms with Crippen LogP contribution >= 0.6 is 0 Å². The summed E-state index contributed by atoms with van der Waals surface area (Å²) in [7, 11) is 0. The molecule has 2 atom stereocenters. The molecule has 1 spiro atoms. The molecule has 2 heterocycles. The molecular weight excluding hydrogens is 216 g/mol. The zero-order chi connectivity index (χ0) is 11.9. The molecule has 94 valence electrons. The number of aliphatic hydroxyl groups is 1. The quantitative estimate of drug-likeness (QED) is 0.858. The van der Waals surface area contributed by atoms with Crippen LogP contribution in [0.1, 0.15) is 49.5 Å². The Morgan fingerprint density at radius 3 is 2.88 bits per heavy atom. The lowest BCUT2D eigenvalue weighted by atomic mass is 9.70. The highest BCUT2D eigenvalue weighted by molar-refractivity contribution is 5.16. The minimum Gasteiger partial charge on any atom is -0.469 e. The smallest absolute Gasteiger partial charge is 0.101 e. The first-order valence-corrected chi connectivity index (χ1v) is 6.56. The number of aliphatic hydroxyl groups excluding tert-OH is 1. The third-order valence-electron chi connectivity index (χ3n) is 4.33. The van der Waals surface area contributed by atoms with Crippen LogP contribution in [0.5, 0.6) is 0 Å². The van der Waals surface area contributed by atoms with Crippen LogP contribution in [0.3, 0.4) is 0 Å². The van der Waals surface area contributed by atoms with Gasteiger partial charge in [-0.2, -0.15) is 0 Å². The highest BCUT2D eigenvalue weighted by atomic mass is 16.5. The second-order valence-corrected chi connectivity index (χ2v) is 5.57. The van der Waals surface area contributed by atoms with E-state index < -0.39 is 6.10 Å². The van der Waals surface area contributed by atoms with E-state index in [0.717, 1.165) is 30.8 Å². The summed E-state index contributed by atoms with van der Waals surface area (Å²) in [5, 5.41) is 10.4. The molecular formula is C14H20O3. The van der Waals surface area contributed by atoms with Crippen LogP contribution in [-0.4, -0.2) is 17.3 Å². The van der Waals surface area contributed by atoms with Crippen molar-refractivity contribution < 1.29 is 14.3 Å². The highest BCUT2D eigenvalue weighted by Crippen LogP contribution is 2.47. The van der Waals surface area contributed by atoms with Crippen LogP contribution in [0.2, 0.25) is 0 Å². The van der Waals surface area contributed by atoms with Crippen LogP contribution in [0.4, 0.5) is 0 Å². The summed E-state index contributed by atoms with van der Waals surface area (Å²) in [6.07, 6.45) is 6.84. The van der Waals surface area contributed by atoms with E-state index in [1.807, 2.05) is 13.0 Å². The van der Waals surface area contributed by atoms with Crippen molar-refractivity contribution in [3.8, 4) is 0 Å². The van der Waals surface area contributed by atoms with Crippen LogP contribution in [-0.2, 0) is 4.74 Å².